The molecule has 1 amide bonds. The molecule has 0 aliphatic carbocycles. The van der Waals surface area contributed by atoms with Crippen molar-refractivity contribution in [1.82, 2.24) is 9.88 Å². The van der Waals surface area contributed by atoms with Gasteiger partial charge in [-0.15, -0.1) is 0 Å². The van der Waals surface area contributed by atoms with Crippen LogP contribution < -0.4 is 4.72 Å². The van der Waals surface area contributed by atoms with Crippen LogP contribution in [0.4, 0.5) is 0 Å². The van der Waals surface area contributed by atoms with Crippen molar-refractivity contribution < 1.29 is 17.7 Å². The zero-order valence-electron chi connectivity index (χ0n) is 14.4. The average Bonchev–Trinajstić information content (AvgIpc) is 3.03. The number of carbonyl (C=O) groups is 1. The van der Waals surface area contributed by atoms with Crippen LogP contribution in [0.25, 0.3) is 22.4 Å². The van der Waals surface area contributed by atoms with Gasteiger partial charge in [-0.1, -0.05) is 54.5 Å². The summed E-state index contributed by atoms with van der Waals surface area (Å²) in [5, 5.41) is 4.12. The number of amides is 1. The van der Waals surface area contributed by atoms with Gasteiger partial charge in [-0.25, -0.2) is 13.1 Å². The molecule has 1 N–H and O–H groups in total. The van der Waals surface area contributed by atoms with Gasteiger partial charge in [-0.05, 0) is 24.6 Å². The van der Waals surface area contributed by atoms with Gasteiger partial charge < -0.3 is 4.52 Å². The van der Waals surface area contributed by atoms with Gasteiger partial charge in [0.15, 0.2) is 0 Å². The Morgan fingerprint density at radius 3 is 2.31 bits per heavy atom. The van der Waals surface area contributed by atoms with E-state index in [1.165, 1.54) is 12.1 Å². The SMILES string of the molecule is CCC(=O)NS(=O)(=O)c1ccc(-c2noc(C)c2-c2ccccc2)cc1. The van der Waals surface area contributed by atoms with Gasteiger partial charge in [0.05, 0.1) is 10.5 Å². The largest absolute Gasteiger partial charge is 0.360 e. The molecule has 6 nitrogen and oxygen atoms in total. The molecule has 3 aromatic rings. The lowest BCUT2D eigenvalue weighted by Gasteiger charge is -2.07. The molecule has 0 unspecified atom stereocenters. The highest BCUT2D eigenvalue weighted by Gasteiger charge is 2.19. The summed E-state index contributed by atoms with van der Waals surface area (Å²) in [6.07, 6.45) is 0.0932. The summed E-state index contributed by atoms with van der Waals surface area (Å²) >= 11 is 0. The van der Waals surface area contributed by atoms with Crippen molar-refractivity contribution in [2.45, 2.75) is 25.2 Å². The standard InChI is InChI=1S/C19H18N2O4S/c1-3-17(22)21-26(23,24)16-11-9-15(10-12-16)19-18(13(2)25-20-19)14-7-5-4-6-8-14/h4-12H,3H2,1-2H3,(H,21,22). The minimum absolute atomic E-state index is 0.0181. The number of benzene rings is 2. The molecule has 0 saturated carbocycles. The van der Waals surface area contributed by atoms with Crippen LogP contribution in [-0.2, 0) is 14.8 Å². The van der Waals surface area contributed by atoms with Crippen LogP contribution in [0.2, 0.25) is 0 Å². The molecular formula is C19H18N2O4S. The molecule has 0 fully saturated rings. The van der Waals surface area contributed by atoms with E-state index >= 15 is 0 Å². The van der Waals surface area contributed by atoms with E-state index in [1.54, 1.807) is 19.1 Å². The Labute approximate surface area is 151 Å². The van der Waals surface area contributed by atoms with Crippen molar-refractivity contribution in [2.75, 3.05) is 0 Å². The molecule has 1 heterocycles. The fourth-order valence-electron chi connectivity index (χ4n) is 2.59. The van der Waals surface area contributed by atoms with Gasteiger partial charge in [0.2, 0.25) is 5.91 Å². The maximum Gasteiger partial charge on any atom is 0.264 e. The second-order valence-electron chi connectivity index (χ2n) is 5.73. The molecule has 1 aromatic heterocycles. The van der Waals surface area contributed by atoms with E-state index in [-0.39, 0.29) is 11.3 Å². The first-order chi connectivity index (χ1) is 12.4. The fraction of sp³-hybridized carbons (Fsp3) is 0.158. The molecule has 2 aromatic carbocycles. The molecule has 0 bridgehead atoms. The van der Waals surface area contributed by atoms with Gasteiger partial charge >= 0.3 is 0 Å². The fourth-order valence-corrected chi connectivity index (χ4v) is 3.64. The highest BCUT2D eigenvalue weighted by Crippen LogP contribution is 2.34. The maximum atomic E-state index is 12.2. The Morgan fingerprint density at radius 2 is 1.69 bits per heavy atom. The highest BCUT2D eigenvalue weighted by atomic mass is 32.2. The van der Waals surface area contributed by atoms with Crippen LogP contribution in [0.1, 0.15) is 19.1 Å². The summed E-state index contributed by atoms with van der Waals surface area (Å²) in [4.78, 5) is 11.4. The lowest BCUT2D eigenvalue weighted by Crippen LogP contribution is -2.29. The first-order valence-electron chi connectivity index (χ1n) is 8.10. The van der Waals surface area contributed by atoms with Crippen molar-refractivity contribution in [3.63, 3.8) is 0 Å². The van der Waals surface area contributed by atoms with E-state index in [0.717, 1.165) is 16.7 Å². The Hall–Kier alpha value is -2.93. The van der Waals surface area contributed by atoms with Gasteiger partial charge in [-0.3, -0.25) is 4.79 Å². The Bertz CT molecular complexity index is 1020. The predicted molar refractivity (Wildman–Crippen MR) is 97.7 cm³/mol. The number of aryl methyl sites for hydroxylation is 1. The topological polar surface area (TPSA) is 89.3 Å². The number of rotatable bonds is 5. The normalized spacial score (nSPS) is 11.3. The lowest BCUT2D eigenvalue weighted by molar-refractivity contribution is -0.119. The Morgan fingerprint density at radius 1 is 1.04 bits per heavy atom. The van der Waals surface area contributed by atoms with Crippen molar-refractivity contribution in [2.24, 2.45) is 0 Å². The molecule has 134 valence electrons. The molecule has 26 heavy (non-hydrogen) atoms. The third-order valence-corrected chi connectivity index (χ3v) is 5.32. The van der Waals surface area contributed by atoms with Gasteiger partial charge in [0, 0.05) is 12.0 Å². The number of nitrogens with one attached hydrogen (secondary N) is 1. The number of carbonyl (C=O) groups excluding carboxylic acids is 1. The average molecular weight is 370 g/mol. The Balaban J connectivity index is 1.97. The van der Waals surface area contributed by atoms with Crippen molar-refractivity contribution in [1.29, 1.82) is 0 Å². The third kappa shape index (κ3) is 3.52. The number of hydrogen-bond donors (Lipinski definition) is 1. The summed E-state index contributed by atoms with van der Waals surface area (Å²) < 4.78 is 31.7. The number of nitrogens with zero attached hydrogens (tertiary/aromatic N) is 1. The van der Waals surface area contributed by atoms with Crippen LogP contribution in [0.3, 0.4) is 0 Å². The summed E-state index contributed by atoms with van der Waals surface area (Å²) in [6.45, 7) is 3.42. The quantitative estimate of drug-likeness (QED) is 0.742. The molecule has 0 aliphatic rings. The smallest absolute Gasteiger partial charge is 0.264 e. The minimum atomic E-state index is -3.87. The van der Waals surface area contributed by atoms with Crippen LogP contribution in [-0.4, -0.2) is 19.5 Å². The molecular weight excluding hydrogens is 352 g/mol. The third-order valence-electron chi connectivity index (χ3n) is 3.93. The first-order valence-corrected chi connectivity index (χ1v) is 9.58. The zero-order valence-corrected chi connectivity index (χ0v) is 15.2. The number of hydrogen-bond acceptors (Lipinski definition) is 5. The van der Waals surface area contributed by atoms with Gasteiger partial charge in [0.1, 0.15) is 11.5 Å². The van der Waals surface area contributed by atoms with Crippen LogP contribution in [0.5, 0.6) is 0 Å². The molecule has 3 rings (SSSR count). The first kappa shape index (κ1) is 17.9. The minimum Gasteiger partial charge on any atom is -0.360 e. The van der Waals surface area contributed by atoms with Crippen molar-refractivity contribution in [3.05, 3.63) is 60.4 Å². The van der Waals surface area contributed by atoms with E-state index in [2.05, 4.69) is 5.16 Å². The summed E-state index contributed by atoms with van der Waals surface area (Å²) in [5.41, 5.74) is 3.19. The highest BCUT2D eigenvalue weighted by molar-refractivity contribution is 7.90. The molecule has 0 saturated heterocycles. The van der Waals surface area contributed by atoms with Crippen LogP contribution in [0, 0.1) is 6.92 Å². The number of aromatic nitrogens is 1. The zero-order chi connectivity index (χ0) is 18.7. The second kappa shape index (κ2) is 7.13. The monoisotopic (exact) mass is 370 g/mol. The maximum absolute atomic E-state index is 12.2. The van der Waals surface area contributed by atoms with Gasteiger partial charge in [0.25, 0.3) is 10.0 Å². The molecule has 0 aliphatic heterocycles. The Kier molecular flexibility index (Phi) is 4.90. The molecule has 0 radical (unpaired) electrons. The van der Waals surface area contributed by atoms with Crippen LogP contribution >= 0.6 is 0 Å². The predicted octanol–water partition coefficient (Wildman–Crippen LogP) is 3.53. The summed E-state index contributed by atoms with van der Waals surface area (Å²) in [7, 11) is -3.87. The van der Waals surface area contributed by atoms with E-state index in [1.807, 2.05) is 42.0 Å². The van der Waals surface area contributed by atoms with Gasteiger partial charge in [-0.2, -0.15) is 0 Å². The van der Waals surface area contributed by atoms with Crippen LogP contribution in [0.15, 0.2) is 64.0 Å². The van der Waals surface area contributed by atoms with E-state index in [0.29, 0.717) is 11.5 Å². The summed E-state index contributed by atoms with van der Waals surface area (Å²) in [6, 6.07) is 15.9. The van der Waals surface area contributed by atoms with E-state index in [9.17, 15) is 13.2 Å². The second-order valence-corrected chi connectivity index (χ2v) is 7.42. The van der Waals surface area contributed by atoms with Crippen molar-refractivity contribution in [3.8, 4) is 22.4 Å². The van der Waals surface area contributed by atoms with E-state index < -0.39 is 15.9 Å². The molecule has 7 heteroatoms. The molecule has 0 spiro atoms. The number of sulfonamides is 1. The lowest BCUT2D eigenvalue weighted by atomic mass is 10.00. The molecule has 0 atom stereocenters. The summed E-state index contributed by atoms with van der Waals surface area (Å²) in [5.74, 6) is 0.130. The van der Waals surface area contributed by atoms with E-state index in [4.69, 9.17) is 4.52 Å². The van der Waals surface area contributed by atoms with Crippen molar-refractivity contribution >= 4 is 15.9 Å².